The first kappa shape index (κ1) is 30.3. The maximum atomic E-state index is 12.6. The van der Waals surface area contributed by atoms with Gasteiger partial charge in [-0.3, -0.25) is 19.2 Å². The van der Waals surface area contributed by atoms with Crippen LogP contribution in [-0.2, 0) is 42.9 Å². The molecule has 0 aromatic heterocycles. The maximum absolute atomic E-state index is 12.6. The Bertz CT molecular complexity index is 916. The molecular weight excluding hydrogens is 484 g/mol. The number of esters is 4. The molecule has 37 heavy (non-hydrogen) atoms. The van der Waals surface area contributed by atoms with Gasteiger partial charge in [0.25, 0.3) is 6.29 Å². The Hall–Kier alpha value is -2.88. The molecule has 0 amide bonds. The van der Waals surface area contributed by atoms with Crippen LogP contribution in [0.15, 0.2) is 23.5 Å². The highest BCUT2D eigenvalue weighted by Crippen LogP contribution is 2.47. The third kappa shape index (κ3) is 8.59. The molecule has 2 aliphatic rings. The predicted octanol–water partition coefficient (Wildman–Crippen LogP) is 3.21. The van der Waals surface area contributed by atoms with E-state index < -0.39 is 54.4 Å². The molecule has 10 nitrogen and oxygen atoms in total. The van der Waals surface area contributed by atoms with E-state index in [-0.39, 0.29) is 43.6 Å². The highest BCUT2D eigenvalue weighted by atomic mass is 16.7. The van der Waals surface area contributed by atoms with E-state index in [1.54, 1.807) is 0 Å². The van der Waals surface area contributed by atoms with E-state index >= 15 is 0 Å². The lowest BCUT2D eigenvalue weighted by Crippen LogP contribution is -2.56. The predicted molar refractivity (Wildman–Crippen MR) is 131 cm³/mol. The maximum Gasteiger partial charge on any atom is 0.309 e. The van der Waals surface area contributed by atoms with Crippen LogP contribution in [0, 0.1) is 23.7 Å². The van der Waals surface area contributed by atoms with Gasteiger partial charge in [0.2, 0.25) is 0 Å². The van der Waals surface area contributed by atoms with Gasteiger partial charge in [0, 0.05) is 31.8 Å². The summed E-state index contributed by atoms with van der Waals surface area (Å²) >= 11 is 0. The van der Waals surface area contributed by atoms with Crippen LogP contribution >= 0.6 is 0 Å². The van der Waals surface area contributed by atoms with E-state index in [9.17, 15) is 24.3 Å². The summed E-state index contributed by atoms with van der Waals surface area (Å²) in [5.41, 5.74) is -1.20. The van der Waals surface area contributed by atoms with Gasteiger partial charge in [-0.1, -0.05) is 41.5 Å². The molecule has 0 spiro atoms. The van der Waals surface area contributed by atoms with Gasteiger partial charge in [-0.2, -0.15) is 0 Å². The molecular formula is C27H40O10. The first-order valence-electron chi connectivity index (χ1n) is 12.7. The van der Waals surface area contributed by atoms with Gasteiger partial charge in [-0.25, -0.2) is 0 Å². The highest BCUT2D eigenvalue weighted by Gasteiger charge is 2.59. The van der Waals surface area contributed by atoms with E-state index in [2.05, 4.69) is 0 Å². The fourth-order valence-corrected chi connectivity index (χ4v) is 4.17. The zero-order valence-electron chi connectivity index (χ0n) is 22.8. The van der Waals surface area contributed by atoms with Crippen molar-refractivity contribution < 1.29 is 48.0 Å². The molecule has 0 bridgehead atoms. The molecule has 4 atom stereocenters. The summed E-state index contributed by atoms with van der Waals surface area (Å²) in [7, 11) is 0. The third-order valence-corrected chi connectivity index (χ3v) is 5.81. The van der Waals surface area contributed by atoms with Gasteiger partial charge < -0.3 is 28.8 Å². The minimum Gasteiger partial charge on any atom is -0.462 e. The summed E-state index contributed by atoms with van der Waals surface area (Å²) in [6.07, 6.45) is 0.625. The van der Waals surface area contributed by atoms with Crippen LogP contribution < -0.4 is 0 Å². The van der Waals surface area contributed by atoms with E-state index in [4.69, 9.17) is 23.7 Å². The SMILES string of the molecule is CC(=O)OCC1=CO[C@@H](OC(=O)CC(C)C)[C@H]2C1=C[C@H](OC(=O)CC(C)C)[C@]2(O)COC(=O)CC(C)C. The number of aliphatic hydroxyl groups is 1. The lowest BCUT2D eigenvalue weighted by molar-refractivity contribution is -0.218. The molecule has 1 aliphatic heterocycles. The minimum absolute atomic E-state index is 0.00768. The van der Waals surface area contributed by atoms with Gasteiger partial charge in [0.1, 0.15) is 13.2 Å². The fraction of sp³-hybridized carbons (Fsp3) is 0.704. The Labute approximate surface area is 218 Å². The molecule has 1 heterocycles. The Morgan fingerprint density at radius 3 is 1.97 bits per heavy atom. The average Bonchev–Trinajstić information content (AvgIpc) is 3.03. The molecule has 1 aliphatic carbocycles. The number of carbonyl (C=O) groups excluding carboxylic acids is 4. The first-order valence-corrected chi connectivity index (χ1v) is 12.7. The van der Waals surface area contributed by atoms with Crippen LogP contribution in [0.4, 0.5) is 0 Å². The molecule has 208 valence electrons. The number of ether oxygens (including phenoxy) is 5. The second-order valence-electron chi connectivity index (χ2n) is 10.9. The average molecular weight is 525 g/mol. The molecule has 0 saturated carbocycles. The fourth-order valence-electron chi connectivity index (χ4n) is 4.17. The Kier molecular flexibility index (Phi) is 10.7. The molecule has 0 saturated heterocycles. The van der Waals surface area contributed by atoms with Crippen LogP contribution in [0.25, 0.3) is 0 Å². The molecule has 0 fully saturated rings. The van der Waals surface area contributed by atoms with Gasteiger partial charge in [0.05, 0.1) is 12.2 Å². The molecule has 0 unspecified atom stereocenters. The second kappa shape index (κ2) is 13.1. The van der Waals surface area contributed by atoms with Crippen molar-refractivity contribution in [2.45, 2.75) is 85.7 Å². The molecule has 2 rings (SSSR count). The van der Waals surface area contributed by atoms with Gasteiger partial charge in [-0.15, -0.1) is 0 Å². The summed E-state index contributed by atoms with van der Waals surface area (Å²) in [6.45, 7) is 11.7. The van der Waals surface area contributed by atoms with E-state index in [0.717, 1.165) is 0 Å². The molecule has 0 aromatic rings. The van der Waals surface area contributed by atoms with Crippen LogP contribution in [0.5, 0.6) is 0 Å². The smallest absolute Gasteiger partial charge is 0.309 e. The van der Waals surface area contributed by atoms with E-state index in [1.165, 1.54) is 19.3 Å². The van der Waals surface area contributed by atoms with Crippen molar-refractivity contribution in [1.82, 2.24) is 0 Å². The normalized spacial score (nSPS) is 24.7. The quantitative estimate of drug-likeness (QED) is 0.299. The third-order valence-electron chi connectivity index (χ3n) is 5.81. The minimum atomic E-state index is -2.01. The van der Waals surface area contributed by atoms with Gasteiger partial charge in [0.15, 0.2) is 11.7 Å². The van der Waals surface area contributed by atoms with Crippen molar-refractivity contribution in [2.75, 3.05) is 13.2 Å². The number of carbonyl (C=O) groups is 4. The summed E-state index contributed by atoms with van der Waals surface area (Å²) in [5, 5.41) is 12.0. The van der Waals surface area contributed by atoms with Crippen molar-refractivity contribution in [3.8, 4) is 0 Å². The summed E-state index contributed by atoms with van der Waals surface area (Å²) in [4.78, 5) is 48.9. The van der Waals surface area contributed by atoms with Crippen LogP contribution in [-0.4, -0.2) is 60.2 Å². The number of hydrogen-bond donors (Lipinski definition) is 1. The Morgan fingerprint density at radius 2 is 1.43 bits per heavy atom. The lowest BCUT2D eigenvalue weighted by atomic mass is 9.82. The Morgan fingerprint density at radius 1 is 0.892 bits per heavy atom. The number of rotatable bonds is 12. The number of fused-ring (bicyclic) bond motifs is 1. The topological polar surface area (TPSA) is 135 Å². The molecule has 0 radical (unpaired) electrons. The van der Waals surface area contributed by atoms with E-state index in [0.29, 0.717) is 11.1 Å². The lowest BCUT2D eigenvalue weighted by Gasteiger charge is -2.40. The molecule has 0 aromatic carbocycles. The van der Waals surface area contributed by atoms with Crippen molar-refractivity contribution in [3.63, 3.8) is 0 Å². The van der Waals surface area contributed by atoms with Crippen LogP contribution in [0.3, 0.4) is 0 Å². The second-order valence-corrected chi connectivity index (χ2v) is 10.9. The van der Waals surface area contributed by atoms with Gasteiger partial charge in [-0.05, 0) is 29.4 Å². The largest absolute Gasteiger partial charge is 0.462 e. The van der Waals surface area contributed by atoms with Crippen LogP contribution in [0.1, 0.15) is 67.7 Å². The standard InChI is InChI=1S/C27H40O10/c1-15(2)8-22(29)35-14-27(32)21(36-23(30)9-16(3)4)11-20-19(12-33-18(7)28)13-34-26(25(20)27)37-24(31)10-17(5)6/h11,13,15-17,21,25-26,32H,8-10,12,14H2,1-7H3/t21-,25+,26-,27+/m0/s1. The zero-order valence-corrected chi connectivity index (χ0v) is 22.8. The van der Waals surface area contributed by atoms with E-state index in [1.807, 2.05) is 41.5 Å². The van der Waals surface area contributed by atoms with Gasteiger partial charge >= 0.3 is 23.9 Å². The summed E-state index contributed by atoms with van der Waals surface area (Å²) in [6, 6.07) is 0. The van der Waals surface area contributed by atoms with Crippen molar-refractivity contribution in [2.24, 2.45) is 23.7 Å². The van der Waals surface area contributed by atoms with Crippen molar-refractivity contribution in [3.05, 3.63) is 23.5 Å². The summed E-state index contributed by atoms with van der Waals surface area (Å²) in [5.74, 6) is -3.19. The zero-order chi connectivity index (χ0) is 27.9. The van der Waals surface area contributed by atoms with Crippen molar-refractivity contribution >= 4 is 23.9 Å². The van der Waals surface area contributed by atoms with Crippen LogP contribution in [0.2, 0.25) is 0 Å². The van der Waals surface area contributed by atoms with Crippen molar-refractivity contribution in [1.29, 1.82) is 0 Å². The summed E-state index contributed by atoms with van der Waals surface area (Å²) < 4.78 is 27.5. The number of hydrogen-bond acceptors (Lipinski definition) is 10. The monoisotopic (exact) mass is 524 g/mol. The molecule has 10 heteroatoms. The first-order chi connectivity index (χ1) is 17.2. The Balaban J connectivity index is 2.45. The molecule has 1 N–H and O–H groups in total. The highest BCUT2D eigenvalue weighted by molar-refractivity contribution is 5.72.